The molecule has 2 unspecified atom stereocenters. The van der Waals surface area contributed by atoms with Gasteiger partial charge in [0, 0.05) is 23.2 Å². The third-order valence-electron chi connectivity index (χ3n) is 6.31. The summed E-state index contributed by atoms with van der Waals surface area (Å²) < 4.78 is 0. The SMILES string of the molecule is O=C(Nc1cccc(-c2cccc(-c3nc4ccccc4[nH]3)c2)c1)NC1CC1c1ccccc1. The number of urea groups is 1. The first-order valence-electron chi connectivity index (χ1n) is 11.5. The van der Waals surface area contributed by atoms with Crippen LogP contribution in [0.1, 0.15) is 17.9 Å². The highest BCUT2D eigenvalue weighted by Crippen LogP contribution is 2.40. The van der Waals surface area contributed by atoms with Crippen molar-refractivity contribution in [2.75, 3.05) is 5.32 Å². The van der Waals surface area contributed by atoms with Crippen LogP contribution in [0.25, 0.3) is 33.5 Å². The molecule has 0 bridgehead atoms. The van der Waals surface area contributed by atoms with Crippen LogP contribution >= 0.6 is 0 Å². The first-order chi connectivity index (χ1) is 16.7. The summed E-state index contributed by atoms with van der Waals surface area (Å²) in [5, 5.41) is 6.08. The molecule has 166 valence electrons. The standard InChI is InChI=1S/C29H24N4O/c34-29(33-27-18-24(27)19-8-2-1-3-9-19)30-23-13-7-11-21(17-23)20-10-6-12-22(16-20)28-31-25-14-4-5-15-26(25)32-28/h1-17,24,27H,18H2,(H,31,32)(H2,30,33,34). The van der Waals surface area contributed by atoms with Gasteiger partial charge in [0.05, 0.1) is 11.0 Å². The van der Waals surface area contributed by atoms with Gasteiger partial charge in [0.2, 0.25) is 0 Å². The van der Waals surface area contributed by atoms with E-state index in [-0.39, 0.29) is 12.1 Å². The molecule has 1 heterocycles. The first kappa shape index (κ1) is 20.2. The van der Waals surface area contributed by atoms with Gasteiger partial charge in [0.15, 0.2) is 0 Å². The van der Waals surface area contributed by atoms with Gasteiger partial charge in [-0.3, -0.25) is 0 Å². The van der Waals surface area contributed by atoms with Crippen LogP contribution in [-0.4, -0.2) is 22.0 Å². The average Bonchev–Trinajstić information content (AvgIpc) is 3.50. The van der Waals surface area contributed by atoms with Gasteiger partial charge in [0.25, 0.3) is 0 Å². The number of nitrogens with one attached hydrogen (secondary N) is 3. The Kier molecular flexibility index (Phi) is 5.07. The number of imidazole rings is 1. The molecule has 4 aromatic carbocycles. The van der Waals surface area contributed by atoms with Crippen molar-refractivity contribution in [1.29, 1.82) is 0 Å². The van der Waals surface area contributed by atoms with Crippen molar-refractivity contribution < 1.29 is 4.79 Å². The summed E-state index contributed by atoms with van der Waals surface area (Å²) in [6, 6.07) is 34.6. The van der Waals surface area contributed by atoms with E-state index in [1.807, 2.05) is 72.8 Å². The number of para-hydroxylation sites is 2. The van der Waals surface area contributed by atoms with Crippen molar-refractivity contribution in [3.05, 3.63) is 109 Å². The maximum absolute atomic E-state index is 12.6. The molecule has 1 saturated carbocycles. The molecule has 5 heteroatoms. The Hall–Kier alpha value is -4.38. The lowest BCUT2D eigenvalue weighted by molar-refractivity contribution is 0.251. The Morgan fingerprint density at radius 2 is 1.53 bits per heavy atom. The maximum atomic E-state index is 12.6. The van der Waals surface area contributed by atoms with Crippen LogP contribution in [0.2, 0.25) is 0 Å². The molecule has 0 radical (unpaired) electrons. The zero-order valence-electron chi connectivity index (χ0n) is 18.5. The van der Waals surface area contributed by atoms with Gasteiger partial charge in [-0.1, -0.05) is 72.8 Å². The molecule has 1 fully saturated rings. The number of amides is 2. The lowest BCUT2D eigenvalue weighted by atomic mass is 10.0. The molecule has 5 nitrogen and oxygen atoms in total. The third kappa shape index (κ3) is 4.16. The van der Waals surface area contributed by atoms with E-state index in [1.54, 1.807) is 0 Å². The van der Waals surface area contributed by atoms with Crippen molar-refractivity contribution in [1.82, 2.24) is 15.3 Å². The summed E-state index contributed by atoms with van der Waals surface area (Å²) >= 11 is 0. The molecular weight excluding hydrogens is 420 g/mol. The minimum atomic E-state index is -0.170. The van der Waals surface area contributed by atoms with Crippen LogP contribution in [0.3, 0.4) is 0 Å². The predicted molar refractivity (Wildman–Crippen MR) is 137 cm³/mol. The van der Waals surface area contributed by atoms with E-state index >= 15 is 0 Å². The number of aromatic amines is 1. The van der Waals surface area contributed by atoms with Crippen LogP contribution < -0.4 is 10.6 Å². The van der Waals surface area contributed by atoms with Crippen molar-refractivity contribution in [3.63, 3.8) is 0 Å². The van der Waals surface area contributed by atoms with Crippen LogP contribution in [0.5, 0.6) is 0 Å². The number of carbonyl (C=O) groups is 1. The van der Waals surface area contributed by atoms with Crippen molar-refractivity contribution in [3.8, 4) is 22.5 Å². The second-order valence-corrected chi connectivity index (χ2v) is 8.72. The summed E-state index contributed by atoms with van der Waals surface area (Å²) in [5.41, 5.74) is 7.12. The number of hydrogen-bond acceptors (Lipinski definition) is 2. The van der Waals surface area contributed by atoms with Gasteiger partial charge in [-0.25, -0.2) is 9.78 Å². The molecule has 1 aliphatic carbocycles. The lowest BCUT2D eigenvalue weighted by Gasteiger charge is -2.10. The van der Waals surface area contributed by atoms with E-state index < -0.39 is 0 Å². The Morgan fingerprint density at radius 3 is 2.38 bits per heavy atom. The largest absolute Gasteiger partial charge is 0.338 e. The Balaban J connectivity index is 1.16. The highest BCUT2D eigenvalue weighted by molar-refractivity contribution is 5.91. The predicted octanol–water partition coefficient (Wildman–Crippen LogP) is 6.57. The first-order valence-corrected chi connectivity index (χ1v) is 11.5. The fourth-order valence-electron chi connectivity index (χ4n) is 4.47. The second-order valence-electron chi connectivity index (χ2n) is 8.72. The summed E-state index contributed by atoms with van der Waals surface area (Å²) in [5.74, 6) is 1.24. The van der Waals surface area contributed by atoms with Crippen molar-refractivity contribution >= 4 is 22.8 Å². The molecule has 3 N–H and O–H groups in total. The summed E-state index contributed by atoms with van der Waals surface area (Å²) in [7, 11) is 0. The van der Waals surface area contributed by atoms with Gasteiger partial charge in [0.1, 0.15) is 5.82 Å². The van der Waals surface area contributed by atoms with E-state index in [1.165, 1.54) is 5.56 Å². The fraction of sp³-hybridized carbons (Fsp3) is 0.103. The number of fused-ring (bicyclic) bond motifs is 1. The Morgan fingerprint density at radius 1 is 0.794 bits per heavy atom. The number of benzene rings is 4. The molecule has 0 saturated heterocycles. The van der Waals surface area contributed by atoms with Gasteiger partial charge < -0.3 is 15.6 Å². The minimum absolute atomic E-state index is 0.170. The lowest BCUT2D eigenvalue weighted by Crippen LogP contribution is -2.31. The van der Waals surface area contributed by atoms with E-state index in [0.29, 0.717) is 5.92 Å². The molecule has 5 aromatic rings. The Labute approximate surface area is 197 Å². The van der Waals surface area contributed by atoms with Crippen molar-refractivity contribution in [2.24, 2.45) is 0 Å². The quantitative estimate of drug-likeness (QED) is 0.287. The van der Waals surface area contributed by atoms with Gasteiger partial charge in [-0.2, -0.15) is 0 Å². The number of rotatable bonds is 5. The number of aromatic nitrogens is 2. The van der Waals surface area contributed by atoms with Gasteiger partial charge >= 0.3 is 6.03 Å². The van der Waals surface area contributed by atoms with Crippen LogP contribution in [0.15, 0.2) is 103 Å². The zero-order valence-corrected chi connectivity index (χ0v) is 18.5. The van der Waals surface area contributed by atoms with E-state index in [9.17, 15) is 4.79 Å². The maximum Gasteiger partial charge on any atom is 0.319 e. The number of hydrogen-bond donors (Lipinski definition) is 3. The molecular formula is C29H24N4O. The second kappa shape index (κ2) is 8.52. The number of nitrogens with zero attached hydrogens (tertiary/aromatic N) is 1. The van der Waals surface area contributed by atoms with Gasteiger partial charge in [-0.05, 0) is 53.4 Å². The smallest absolute Gasteiger partial charge is 0.319 e. The summed E-state index contributed by atoms with van der Waals surface area (Å²) in [6.45, 7) is 0. The van der Waals surface area contributed by atoms with Crippen LogP contribution in [0, 0.1) is 0 Å². The molecule has 34 heavy (non-hydrogen) atoms. The van der Waals surface area contributed by atoms with E-state index in [0.717, 1.165) is 45.7 Å². The highest BCUT2D eigenvalue weighted by atomic mass is 16.2. The van der Waals surface area contributed by atoms with Crippen molar-refractivity contribution in [2.45, 2.75) is 18.4 Å². The third-order valence-corrected chi connectivity index (χ3v) is 6.31. The monoisotopic (exact) mass is 444 g/mol. The molecule has 0 aliphatic heterocycles. The van der Waals surface area contributed by atoms with Crippen LogP contribution in [-0.2, 0) is 0 Å². The zero-order chi connectivity index (χ0) is 22.9. The Bertz CT molecular complexity index is 1440. The summed E-state index contributed by atoms with van der Waals surface area (Å²) in [4.78, 5) is 20.7. The molecule has 6 rings (SSSR count). The van der Waals surface area contributed by atoms with Crippen LogP contribution in [0.4, 0.5) is 10.5 Å². The van der Waals surface area contributed by atoms with E-state index in [4.69, 9.17) is 4.98 Å². The molecule has 1 aromatic heterocycles. The molecule has 2 amide bonds. The number of carbonyl (C=O) groups excluding carboxylic acids is 1. The topological polar surface area (TPSA) is 69.8 Å². The normalized spacial score (nSPS) is 16.8. The molecule has 1 aliphatic rings. The number of anilines is 1. The molecule has 0 spiro atoms. The average molecular weight is 445 g/mol. The fourth-order valence-corrected chi connectivity index (χ4v) is 4.47. The summed E-state index contributed by atoms with van der Waals surface area (Å²) in [6.07, 6.45) is 0.978. The van der Waals surface area contributed by atoms with E-state index in [2.05, 4.69) is 45.9 Å². The van der Waals surface area contributed by atoms with Gasteiger partial charge in [-0.15, -0.1) is 0 Å². The minimum Gasteiger partial charge on any atom is -0.338 e. The highest BCUT2D eigenvalue weighted by Gasteiger charge is 2.39. The number of H-pyrrole nitrogens is 1. The molecule has 2 atom stereocenters.